The summed E-state index contributed by atoms with van der Waals surface area (Å²) in [6.45, 7) is 8.17. The van der Waals surface area contributed by atoms with E-state index in [1.165, 1.54) is 0 Å². The first-order valence-electron chi connectivity index (χ1n) is 8.95. The molecule has 0 spiro atoms. The quantitative estimate of drug-likeness (QED) is 0.726. The van der Waals surface area contributed by atoms with Crippen LogP contribution in [0.4, 0.5) is 0 Å². The van der Waals surface area contributed by atoms with E-state index in [1.807, 2.05) is 62.6 Å². The van der Waals surface area contributed by atoms with Crippen LogP contribution in [0.15, 0.2) is 48.9 Å². The lowest BCUT2D eigenvalue weighted by atomic mass is 10.2. The minimum absolute atomic E-state index is 0.0211. The van der Waals surface area contributed by atoms with Crippen molar-refractivity contribution in [3.05, 3.63) is 71.4 Å². The van der Waals surface area contributed by atoms with Crippen molar-refractivity contribution in [1.29, 1.82) is 0 Å². The van der Waals surface area contributed by atoms with Gasteiger partial charge in [0, 0.05) is 35.9 Å². The summed E-state index contributed by atoms with van der Waals surface area (Å²) >= 11 is 0. The van der Waals surface area contributed by atoms with Crippen molar-refractivity contribution in [2.24, 2.45) is 0 Å². The molecule has 6 nitrogen and oxygen atoms in total. The van der Waals surface area contributed by atoms with Gasteiger partial charge in [-0.1, -0.05) is 6.07 Å². The number of hydrogen-bond donors (Lipinski definition) is 1. The van der Waals surface area contributed by atoms with E-state index in [-0.39, 0.29) is 12.0 Å². The summed E-state index contributed by atoms with van der Waals surface area (Å²) in [7, 11) is 0. The lowest BCUT2D eigenvalue weighted by molar-refractivity contribution is 0.0950. The van der Waals surface area contributed by atoms with Gasteiger partial charge in [-0.2, -0.15) is 0 Å². The Bertz CT molecular complexity index is 933. The molecule has 0 bridgehead atoms. The lowest BCUT2D eigenvalue weighted by Gasteiger charge is -2.13. The van der Waals surface area contributed by atoms with Gasteiger partial charge in [0.05, 0.1) is 23.6 Å². The normalized spacial score (nSPS) is 10.9. The average Bonchev–Trinajstić information content (AvgIpc) is 2.95. The summed E-state index contributed by atoms with van der Waals surface area (Å²) in [5, 5.41) is 2.97. The first-order valence-corrected chi connectivity index (χ1v) is 8.95. The highest BCUT2D eigenvalue weighted by atomic mass is 16.5. The minimum atomic E-state index is -0.127. The number of nitrogens with zero attached hydrogens (tertiary/aromatic N) is 3. The Balaban J connectivity index is 1.79. The topological polar surface area (TPSA) is 69.0 Å². The average molecular weight is 364 g/mol. The molecule has 3 aromatic heterocycles. The molecule has 0 unspecified atom stereocenters. The van der Waals surface area contributed by atoms with Gasteiger partial charge < -0.3 is 14.6 Å². The number of carbonyl (C=O) groups is 1. The molecule has 0 aliphatic carbocycles. The van der Waals surface area contributed by atoms with Gasteiger partial charge in [-0.05, 0) is 52.0 Å². The molecule has 0 atom stereocenters. The first kappa shape index (κ1) is 18.6. The fourth-order valence-corrected chi connectivity index (χ4v) is 3.03. The van der Waals surface area contributed by atoms with E-state index in [4.69, 9.17) is 4.74 Å². The summed E-state index contributed by atoms with van der Waals surface area (Å²) in [6.07, 6.45) is 5.22. The molecule has 0 aliphatic heterocycles. The molecule has 140 valence electrons. The van der Waals surface area contributed by atoms with Crippen LogP contribution in [0, 0.1) is 13.8 Å². The monoisotopic (exact) mass is 364 g/mol. The summed E-state index contributed by atoms with van der Waals surface area (Å²) in [4.78, 5) is 21.2. The molecule has 27 heavy (non-hydrogen) atoms. The molecular weight excluding hydrogens is 340 g/mol. The second kappa shape index (κ2) is 8.03. The zero-order chi connectivity index (χ0) is 19.4. The summed E-state index contributed by atoms with van der Waals surface area (Å²) < 4.78 is 7.74. The third-order valence-corrected chi connectivity index (χ3v) is 4.22. The van der Waals surface area contributed by atoms with E-state index < -0.39 is 0 Å². The van der Waals surface area contributed by atoms with Crippen molar-refractivity contribution in [2.45, 2.75) is 40.3 Å². The Morgan fingerprint density at radius 2 is 2.00 bits per heavy atom. The third-order valence-electron chi connectivity index (χ3n) is 4.22. The first-order chi connectivity index (χ1) is 13.0. The van der Waals surface area contributed by atoms with Crippen molar-refractivity contribution < 1.29 is 9.53 Å². The number of rotatable bonds is 6. The number of aryl methyl sites for hydroxylation is 1. The van der Waals surface area contributed by atoms with Crippen LogP contribution < -0.4 is 10.1 Å². The lowest BCUT2D eigenvalue weighted by Crippen LogP contribution is -2.24. The Labute approximate surface area is 159 Å². The molecule has 3 aromatic rings. The van der Waals surface area contributed by atoms with E-state index in [1.54, 1.807) is 18.6 Å². The van der Waals surface area contributed by atoms with Gasteiger partial charge in [-0.3, -0.25) is 9.78 Å². The highest BCUT2D eigenvalue weighted by molar-refractivity contribution is 5.95. The van der Waals surface area contributed by atoms with Gasteiger partial charge in [0.25, 0.3) is 5.91 Å². The number of aromatic nitrogens is 3. The molecule has 0 radical (unpaired) electrons. The third kappa shape index (κ3) is 4.16. The highest BCUT2D eigenvalue weighted by Gasteiger charge is 2.17. The molecule has 1 N–H and O–H groups in total. The Kier molecular flexibility index (Phi) is 5.54. The van der Waals surface area contributed by atoms with Gasteiger partial charge in [0.2, 0.25) is 5.88 Å². The second-order valence-corrected chi connectivity index (χ2v) is 6.65. The standard InChI is InChI=1S/C21H24N4O2/c1-14(2)27-21-17(7-5-10-23-21)12-24-20(26)19-11-15(3)25(16(19)4)18-8-6-9-22-13-18/h5-11,13-14H,12H2,1-4H3,(H,24,26). The van der Waals surface area contributed by atoms with Crippen LogP contribution >= 0.6 is 0 Å². The van der Waals surface area contributed by atoms with Gasteiger partial charge in [0.15, 0.2) is 0 Å². The molecule has 0 saturated heterocycles. The number of pyridine rings is 2. The molecule has 0 aromatic carbocycles. The van der Waals surface area contributed by atoms with Crippen molar-refractivity contribution in [3.8, 4) is 11.6 Å². The largest absolute Gasteiger partial charge is 0.475 e. The van der Waals surface area contributed by atoms with E-state index in [9.17, 15) is 4.79 Å². The maximum Gasteiger partial charge on any atom is 0.253 e. The maximum absolute atomic E-state index is 12.8. The summed E-state index contributed by atoms with van der Waals surface area (Å²) in [6, 6.07) is 9.49. The van der Waals surface area contributed by atoms with Crippen molar-refractivity contribution in [1.82, 2.24) is 19.9 Å². The molecular formula is C21H24N4O2. The number of nitrogens with one attached hydrogen (secondary N) is 1. The maximum atomic E-state index is 12.8. The molecule has 6 heteroatoms. The molecule has 1 amide bonds. The van der Waals surface area contributed by atoms with E-state index in [0.717, 1.165) is 22.6 Å². The number of hydrogen-bond acceptors (Lipinski definition) is 4. The van der Waals surface area contributed by atoms with E-state index in [2.05, 4.69) is 15.3 Å². The Hall–Kier alpha value is -3.15. The van der Waals surface area contributed by atoms with Gasteiger partial charge >= 0.3 is 0 Å². The Morgan fingerprint density at radius 1 is 1.22 bits per heavy atom. The zero-order valence-electron chi connectivity index (χ0n) is 16.1. The van der Waals surface area contributed by atoms with E-state index in [0.29, 0.717) is 18.0 Å². The molecule has 3 rings (SSSR count). The van der Waals surface area contributed by atoms with Gasteiger partial charge in [-0.25, -0.2) is 4.98 Å². The summed E-state index contributed by atoms with van der Waals surface area (Å²) in [5.74, 6) is 0.422. The van der Waals surface area contributed by atoms with Crippen molar-refractivity contribution in [3.63, 3.8) is 0 Å². The molecule has 0 saturated carbocycles. The van der Waals surface area contributed by atoms with Crippen LogP contribution in [0.1, 0.15) is 41.2 Å². The van der Waals surface area contributed by atoms with Crippen LogP contribution in [-0.2, 0) is 6.54 Å². The number of carbonyl (C=O) groups excluding carboxylic acids is 1. The highest BCUT2D eigenvalue weighted by Crippen LogP contribution is 2.21. The molecule has 3 heterocycles. The van der Waals surface area contributed by atoms with Crippen LogP contribution in [-0.4, -0.2) is 26.5 Å². The van der Waals surface area contributed by atoms with Crippen LogP contribution in [0.5, 0.6) is 5.88 Å². The van der Waals surface area contributed by atoms with Gasteiger partial charge in [0.1, 0.15) is 0 Å². The predicted octanol–water partition coefficient (Wildman–Crippen LogP) is 3.60. The predicted molar refractivity (Wildman–Crippen MR) is 104 cm³/mol. The fraction of sp³-hybridized carbons (Fsp3) is 0.286. The molecule has 0 fully saturated rings. The number of amides is 1. The SMILES string of the molecule is Cc1cc(C(=O)NCc2cccnc2OC(C)C)c(C)n1-c1cccnc1. The Morgan fingerprint density at radius 3 is 2.70 bits per heavy atom. The van der Waals surface area contributed by atoms with Crippen molar-refractivity contribution in [2.75, 3.05) is 0 Å². The van der Waals surface area contributed by atoms with Crippen LogP contribution in [0.3, 0.4) is 0 Å². The smallest absolute Gasteiger partial charge is 0.253 e. The van der Waals surface area contributed by atoms with Crippen LogP contribution in [0.2, 0.25) is 0 Å². The second-order valence-electron chi connectivity index (χ2n) is 6.65. The number of ether oxygens (including phenoxy) is 1. The van der Waals surface area contributed by atoms with Crippen LogP contribution in [0.25, 0.3) is 5.69 Å². The molecule has 0 aliphatic rings. The zero-order valence-corrected chi connectivity index (χ0v) is 16.1. The van der Waals surface area contributed by atoms with E-state index >= 15 is 0 Å². The van der Waals surface area contributed by atoms with Crippen molar-refractivity contribution >= 4 is 5.91 Å². The fourth-order valence-electron chi connectivity index (χ4n) is 3.03. The van der Waals surface area contributed by atoms with Gasteiger partial charge in [-0.15, -0.1) is 0 Å². The summed E-state index contributed by atoms with van der Waals surface area (Å²) in [5.41, 5.74) is 4.29. The minimum Gasteiger partial charge on any atom is -0.475 e.